The van der Waals surface area contributed by atoms with E-state index in [4.69, 9.17) is 18.9 Å². The van der Waals surface area contributed by atoms with Crippen molar-refractivity contribution >= 4 is 22.0 Å². The van der Waals surface area contributed by atoms with Gasteiger partial charge < -0.3 is 18.9 Å². The molecule has 6 nitrogen and oxygen atoms in total. The topological polar surface area (TPSA) is 71.1 Å². The third-order valence-electron chi connectivity index (χ3n) is 2.58. The molecule has 0 heterocycles. The SMILES string of the molecule is COCCOC(C)CC(CC(=O)SC(C)=O)OCCOC. The number of carbonyl (C=O) groups excluding carboxylic acids is 2. The van der Waals surface area contributed by atoms with E-state index >= 15 is 0 Å². The summed E-state index contributed by atoms with van der Waals surface area (Å²) in [4.78, 5) is 22.6. The Balaban J connectivity index is 4.23. The van der Waals surface area contributed by atoms with E-state index in [-0.39, 0.29) is 28.9 Å². The quantitative estimate of drug-likeness (QED) is 0.506. The van der Waals surface area contributed by atoms with Gasteiger partial charge in [0.05, 0.1) is 38.6 Å². The minimum absolute atomic E-state index is 0.0529. The summed E-state index contributed by atoms with van der Waals surface area (Å²) in [5.74, 6) is 0. The van der Waals surface area contributed by atoms with Crippen LogP contribution in [0.2, 0.25) is 0 Å². The van der Waals surface area contributed by atoms with Crippen molar-refractivity contribution in [3.05, 3.63) is 0 Å². The van der Waals surface area contributed by atoms with Gasteiger partial charge in [0.2, 0.25) is 0 Å². The van der Waals surface area contributed by atoms with E-state index in [9.17, 15) is 9.59 Å². The Morgan fingerprint density at radius 3 is 2.10 bits per heavy atom. The van der Waals surface area contributed by atoms with Crippen LogP contribution in [0.1, 0.15) is 26.7 Å². The van der Waals surface area contributed by atoms with Gasteiger partial charge in [0, 0.05) is 27.6 Å². The zero-order valence-corrected chi connectivity index (χ0v) is 14.1. The average Bonchev–Trinajstić information content (AvgIpc) is 2.38. The first-order chi connectivity index (χ1) is 9.99. The van der Waals surface area contributed by atoms with Gasteiger partial charge >= 0.3 is 0 Å². The molecule has 0 rings (SSSR count). The van der Waals surface area contributed by atoms with Crippen LogP contribution in [0.3, 0.4) is 0 Å². The van der Waals surface area contributed by atoms with Crippen LogP contribution in [0.25, 0.3) is 0 Å². The third-order valence-corrected chi connectivity index (χ3v) is 3.26. The van der Waals surface area contributed by atoms with Crippen LogP contribution in [-0.2, 0) is 28.5 Å². The molecule has 0 aromatic heterocycles. The van der Waals surface area contributed by atoms with E-state index < -0.39 is 0 Å². The maximum absolute atomic E-state index is 11.7. The molecule has 0 fully saturated rings. The molecule has 0 radical (unpaired) electrons. The molecular weight excluding hydrogens is 296 g/mol. The standard InChI is InChI=1S/C14H26O6S/c1-11(19-7-5-17-3)9-13(20-8-6-18-4)10-14(16)21-12(2)15/h11,13H,5-10H2,1-4H3. The molecule has 7 heteroatoms. The number of methoxy groups -OCH3 is 2. The largest absolute Gasteiger partial charge is 0.382 e. The molecule has 0 N–H and O–H groups in total. The molecule has 0 aliphatic rings. The molecule has 0 spiro atoms. The van der Waals surface area contributed by atoms with Crippen LogP contribution in [-0.4, -0.2) is 63.1 Å². The summed E-state index contributed by atoms with van der Waals surface area (Å²) >= 11 is 0.721. The Bertz CT molecular complexity index is 297. The lowest BCUT2D eigenvalue weighted by atomic mass is 10.1. The lowest BCUT2D eigenvalue weighted by Crippen LogP contribution is -2.25. The van der Waals surface area contributed by atoms with Gasteiger partial charge in [0.25, 0.3) is 0 Å². The van der Waals surface area contributed by atoms with Gasteiger partial charge in [0.1, 0.15) is 0 Å². The van der Waals surface area contributed by atoms with Crippen molar-refractivity contribution in [2.24, 2.45) is 0 Å². The van der Waals surface area contributed by atoms with Gasteiger partial charge in [-0.1, -0.05) is 0 Å². The summed E-state index contributed by atoms with van der Waals surface area (Å²) in [5, 5.41) is -0.394. The van der Waals surface area contributed by atoms with Crippen molar-refractivity contribution in [1.29, 1.82) is 0 Å². The average molecular weight is 322 g/mol. The van der Waals surface area contributed by atoms with Crippen LogP contribution >= 0.6 is 11.8 Å². The Hall–Kier alpha value is -0.470. The second kappa shape index (κ2) is 13.2. The van der Waals surface area contributed by atoms with Crippen LogP contribution in [0, 0.1) is 0 Å². The number of thioether (sulfide) groups is 1. The number of rotatable bonds is 12. The fourth-order valence-corrected chi connectivity index (χ4v) is 2.26. The maximum atomic E-state index is 11.7. The predicted octanol–water partition coefficient (Wildman–Crippen LogP) is 1.66. The molecule has 0 aromatic carbocycles. The first-order valence-corrected chi connectivity index (χ1v) is 7.73. The second-order valence-corrected chi connectivity index (χ2v) is 5.80. The van der Waals surface area contributed by atoms with Crippen LogP contribution < -0.4 is 0 Å². The summed E-state index contributed by atoms with van der Waals surface area (Å²) in [6, 6.07) is 0. The molecule has 2 atom stereocenters. The maximum Gasteiger partial charge on any atom is 0.199 e. The first kappa shape index (κ1) is 20.5. The smallest absolute Gasteiger partial charge is 0.199 e. The van der Waals surface area contributed by atoms with E-state index in [0.717, 1.165) is 11.8 Å². The number of hydrogen-bond acceptors (Lipinski definition) is 7. The Kier molecular flexibility index (Phi) is 12.9. The van der Waals surface area contributed by atoms with Crippen LogP contribution in [0.5, 0.6) is 0 Å². The predicted molar refractivity (Wildman–Crippen MR) is 81.4 cm³/mol. The summed E-state index contributed by atoms with van der Waals surface area (Å²) < 4.78 is 21.0. The van der Waals surface area contributed by atoms with Crippen molar-refractivity contribution < 1.29 is 28.5 Å². The van der Waals surface area contributed by atoms with E-state index in [1.807, 2.05) is 6.92 Å². The van der Waals surface area contributed by atoms with Gasteiger partial charge in [-0.3, -0.25) is 9.59 Å². The van der Waals surface area contributed by atoms with Gasteiger partial charge in [-0.15, -0.1) is 0 Å². The summed E-state index contributed by atoms with van der Waals surface area (Å²) in [5.41, 5.74) is 0. The molecule has 21 heavy (non-hydrogen) atoms. The van der Waals surface area contributed by atoms with Gasteiger partial charge in [0.15, 0.2) is 10.2 Å². The number of carbonyl (C=O) groups is 2. The fraction of sp³-hybridized carbons (Fsp3) is 0.857. The molecule has 0 saturated heterocycles. The van der Waals surface area contributed by atoms with E-state index in [0.29, 0.717) is 32.8 Å². The summed E-state index contributed by atoms with van der Waals surface area (Å²) in [6.07, 6.45) is 0.434. The van der Waals surface area contributed by atoms with Crippen LogP contribution in [0.15, 0.2) is 0 Å². The Labute approximate surface area is 130 Å². The van der Waals surface area contributed by atoms with Gasteiger partial charge in [-0.2, -0.15) is 0 Å². The lowest BCUT2D eigenvalue weighted by molar-refractivity contribution is -0.115. The van der Waals surface area contributed by atoms with Crippen molar-refractivity contribution in [3.8, 4) is 0 Å². The molecule has 124 valence electrons. The second-order valence-electron chi connectivity index (χ2n) is 4.57. The monoisotopic (exact) mass is 322 g/mol. The summed E-state index contributed by atoms with van der Waals surface area (Å²) in [6.45, 7) is 5.19. The molecule has 0 bridgehead atoms. The van der Waals surface area contributed by atoms with E-state index in [1.165, 1.54) is 6.92 Å². The van der Waals surface area contributed by atoms with Crippen molar-refractivity contribution in [2.75, 3.05) is 40.6 Å². The number of hydrogen-bond donors (Lipinski definition) is 0. The van der Waals surface area contributed by atoms with Crippen molar-refractivity contribution in [2.45, 2.75) is 38.9 Å². The molecule has 0 amide bonds. The molecule has 0 saturated carbocycles. The highest BCUT2D eigenvalue weighted by Crippen LogP contribution is 2.16. The highest BCUT2D eigenvalue weighted by Gasteiger charge is 2.19. The van der Waals surface area contributed by atoms with Crippen LogP contribution in [0.4, 0.5) is 0 Å². The number of ether oxygens (including phenoxy) is 4. The van der Waals surface area contributed by atoms with E-state index in [2.05, 4.69) is 0 Å². The van der Waals surface area contributed by atoms with Crippen molar-refractivity contribution in [1.82, 2.24) is 0 Å². The van der Waals surface area contributed by atoms with Gasteiger partial charge in [-0.05, 0) is 25.1 Å². The molecule has 0 aromatic rings. The van der Waals surface area contributed by atoms with E-state index in [1.54, 1.807) is 14.2 Å². The minimum Gasteiger partial charge on any atom is -0.382 e. The molecule has 0 aliphatic carbocycles. The normalized spacial score (nSPS) is 13.9. The minimum atomic E-state index is -0.281. The fourth-order valence-electron chi connectivity index (χ4n) is 1.67. The summed E-state index contributed by atoms with van der Waals surface area (Å²) in [7, 11) is 3.20. The zero-order valence-electron chi connectivity index (χ0n) is 13.3. The lowest BCUT2D eigenvalue weighted by Gasteiger charge is -2.21. The zero-order chi connectivity index (χ0) is 16.1. The Morgan fingerprint density at radius 1 is 1.00 bits per heavy atom. The third kappa shape index (κ3) is 12.9. The molecule has 0 aliphatic heterocycles. The Morgan fingerprint density at radius 2 is 1.57 bits per heavy atom. The molecular formula is C14H26O6S. The first-order valence-electron chi connectivity index (χ1n) is 6.91. The highest BCUT2D eigenvalue weighted by atomic mass is 32.2. The molecule has 2 unspecified atom stereocenters. The van der Waals surface area contributed by atoms with Gasteiger partial charge in [-0.25, -0.2) is 0 Å². The van der Waals surface area contributed by atoms with Crippen molar-refractivity contribution in [3.63, 3.8) is 0 Å². The highest BCUT2D eigenvalue weighted by molar-refractivity contribution is 8.26.